The number of hydrogen-bond acceptors (Lipinski definition) is 2. The van der Waals surface area contributed by atoms with Gasteiger partial charge in [-0.25, -0.2) is 0 Å². The Morgan fingerprint density at radius 3 is 2.71 bits per heavy atom. The Kier molecular flexibility index (Phi) is 5.56. The van der Waals surface area contributed by atoms with Crippen LogP contribution < -0.4 is 4.74 Å². The Balaban J connectivity index is 2.52. The molecule has 0 amide bonds. The molecule has 2 nitrogen and oxygen atoms in total. The van der Waals surface area contributed by atoms with Gasteiger partial charge in [0.25, 0.3) is 0 Å². The van der Waals surface area contributed by atoms with Crippen molar-refractivity contribution >= 4 is 0 Å². The Labute approximate surface area is 104 Å². The number of benzene rings is 1. The van der Waals surface area contributed by atoms with Crippen molar-refractivity contribution in [3.63, 3.8) is 0 Å². The lowest BCUT2D eigenvalue weighted by molar-refractivity contribution is 0.305. The van der Waals surface area contributed by atoms with Crippen molar-refractivity contribution in [3.8, 4) is 11.8 Å². The summed E-state index contributed by atoms with van der Waals surface area (Å²) in [6.45, 7) is 7.13. The largest absolute Gasteiger partial charge is 0.493 e. The molecule has 0 radical (unpaired) electrons. The van der Waals surface area contributed by atoms with Gasteiger partial charge in [0.05, 0.1) is 12.7 Å². The van der Waals surface area contributed by atoms with Crippen LogP contribution in [0.4, 0.5) is 0 Å². The number of nitrogens with zero attached hydrogens (tertiary/aromatic N) is 1. The monoisotopic (exact) mass is 231 g/mol. The summed E-state index contributed by atoms with van der Waals surface area (Å²) in [5.41, 5.74) is 2.48. The average Bonchev–Trinajstić information content (AvgIpc) is 2.30. The topological polar surface area (TPSA) is 33.0 Å². The molecule has 0 N–H and O–H groups in total. The van der Waals surface area contributed by atoms with Crippen LogP contribution in [-0.2, 0) is 0 Å². The summed E-state index contributed by atoms with van der Waals surface area (Å²) in [6, 6.07) is 8.54. The van der Waals surface area contributed by atoms with Gasteiger partial charge in [0.15, 0.2) is 0 Å². The molecule has 0 saturated carbocycles. The Morgan fingerprint density at radius 1 is 1.29 bits per heavy atom. The Bertz CT molecular complexity index is 390. The van der Waals surface area contributed by atoms with Crippen LogP contribution in [0, 0.1) is 18.3 Å². The van der Waals surface area contributed by atoms with Crippen molar-refractivity contribution in [2.24, 2.45) is 0 Å². The van der Waals surface area contributed by atoms with Crippen molar-refractivity contribution in [2.75, 3.05) is 6.61 Å². The zero-order valence-corrected chi connectivity index (χ0v) is 11.0. The molecule has 0 unspecified atom stereocenters. The SMILES string of the molecule is Cc1ccc(C(C)C)cc1OCCCCC#N. The van der Waals surface area contributed by atoms with Crippen LogP contribution in [0.2, 0.25) is 0 Å². The highest BCUT2D eigenvalue weighted by molar-refractivity contribution is 5.37. The first kappa shape index (κ1) is 13.6. The molecule has 1 aromatic carbocycles. The first-order valence-electron chi connectivity index (χ1n) is 6.25. The average molecular weight is 231 g/mol. The summed E-state index contributed by atoms with van der Waals surface area (Å²) in [6.07, 6.45) is 2.48. The maximum Gasteiger partial charge on any atom is 0.122 e. The zero-order valence-electron chi connectivity index (χ0n) is 11.0. The lowest BCUT2D eigenvalue weighted by Crippen LogP contribution is -2.00. The minimum atomic E-state index is 0.525. The van der Waals surface area contributed by atoms with E-state index < -0.39 is 0 Å². The summed E-state index contributed by atoms with van der Waals surface area (Å²) >= 11 is 0. The molecule has 1 aromatic rings. The Morgan fingerprint density at radius 2 is 2.06 bits per heavy atom. The van der Waals surface area contributed by atoms with E-state index >= 15 is 0 Å². The lowest BCUT2D eigenvalue weighted by atomic mass is 10.0. The Hall–Kier alpha value is -1.49. The lowest BCUT2D eigenvalue weighted by Gasteiger charge is -2.12. The second-order valence-electron chi connectivity index (χ2n) is 4.64. The molecule has 0 aliphatic heterocycles. The minimum absolute atomic E-state index is 0.525. The molecule has 0 aromatic heterocycles. The molecule has 0 saturated heterocycles. The van der Waals surface area contributed by atoms with Gasteiger partial charge in [-0.2, -0.15) is 5.26 Å². The fourth-order valence-corrected chi connectivity index (χ4v) is 1.62. The van der Waals surface area contributed by atoms with Gasteiger partial charge < -0.3 is 4.74 Å². The minimum Gasteiger partial charge on any atom is -0.493 e. The predicted molar refractivity (Wildman–Crippen MR) is 70.2 cm³/mol. The smallest absolute Gasteiger partial charge is 0.122 e. The van der Waals surface area contributed by atoms with Gasteiger partial charge in [-0.3, -0.25) is 0 Å². The zero-order chi connectivity index (χ0) is 12.7. The summed E-state index contributed by atoms with van der Waals surface area (Å²) < 4.78 is 5.76. The molecule has 0 atom stereocenters. The molecule has 2 heteroatoms. The van der Waals surface area contributed by atoms with E-state index in [0.717, 1.165) is 18.6 Å². The number of ether oxygens (including phenoxy) is 1. The van der Waals surface area contributed by atoms with E-state index in [1.165, 1.54) is 11.1 Å². The summed E-state index contributed by atoms with van der Waals surface area (Å²) in [5, 5.41) is 8.43. The molecule has 0 spiro atoms. The van der Waals surface area contributed by atoms with Crippen LogP contribution in [0.5, 0.6) is 5.75 Å². The van der Waals surface area contributed by atoms with Crippen LogP contribution in [0.15, 0.2) is 18.2 Å². The fourth-order valence-electron chi connectivity index (χ4n) is 1.62. The quantitative estimate of drug-likeness (QED) is 0.688. The molecule has 92 valence electrons. The number of nitriles is 1. The number of unbranched alkanes of at least 4 members (excludes halogenated alkanes) is 2. The third kappa shape index (κ3) is 4.48. The van der Waals surface area contributed by atoms with Gasteiger partial charge in [-0.15, -0.1) is 0 Å². The van der Waals surface area contributed by atoms with Gasteiger partial charge >= 0.3 is 0 Å². The van der Waals surface area contributed by atoms with Crippen LogP contribution >= 0.6 is 0 Å². The van der Waals surface area contributed by atoms with E-state index in [1.54, 1.807) is 0 Å². The highest BCUT2D eigenvalue weighted by Gasteiger charge is 2.04. The van der Waals surface area contributed by atoms with E-state index in [-0.39, 0.29) is 0 Å². The van der Waals surface area contributed by atoms with Gasteiger partial charge in [0.1, 0.15) is 5.75 Å². The van der Waals surface area contributed by atoms with Gasteiger partial charge in [-0.1, -0.05) is 26.0 Å². The molecule has 0 aliphatic carbocycles. The predicted octanol–water partition coefficient (Wildman–Crippen LogP) is 4.19. The molecule has 0 fully saturated rings. The standard InChI is InChI=1S/C15H21NO/c1-12(2)14-8-7-13(3)15(11-14)17-10-6-4-5-9-16/h7-8,11-12H,4-6,10H2,1-3H3. The third-order valence-corrected chi connectivity index (χ3v) is 2.82. The van der Waals surface area contributed by atoms with E-state index in [2.05, 4.69) is 45.0 Å². The van der Waals surface area contributed by atoms with E-state index in [0.29, 0.717) is 18.9 Å². The van der Waals surface area contributed by atoms with Crippen molar-refractivity contribution in [3.05, 3.63) is 29.3 Å². The number of aryl methyl sites for hydroxylation is 1. The fraction of sp³-hybridized carbons (Fsp3) is 0.533. The maximum atomic E-state index is 8.43. The molecule has 1 rings (SSSR count). The summed E-state index contributed by atoms with van der Waals surface area (Å²) in [5.74, 6) is 1.50. The number of hydrogen-bond donors (Lipinski definition) is 0. The second kappa shape index (κ2) is 6.96. The second-order valence-corrected chi connectivity index (χ2v) is 4.64. The van der Waals surface area contributed by atoms with Crippen molar-refractivity contribution in [1.29, 1.82) is 5.26 Å². The van der Waals surface area contributed by atoms with Crippen molar-refractivity contribution in [2.45, 2.75) is 46.0 Å². The van der Waals surface area contributed by atoms with Crippen molar-refractivity contribution < 1.29 is 4.74 Å². The van der Waals surface area contributed by atoms with Gasteiger partial charge in [0.2, 0.25) is 0 Å². The van der Waals surface area contributed by atoms with Crippen LogP contribution in [0.3, 0.4) is 0 Å². The molecule has 0 heterocycles. The molecular formula is C15H21NO. The summed E-state index contributed by atoms with van der Waals surface area (Å²) in [4.78, 5) is 0. The summed E-state index contributed by atoms with van der Waals surface area (Å²) in [7, 11) is 0. The first-order valence-corrected chi connectivity index (χ1v) is 6.25. The maximum absolute atomic E-state index is 8.43. The molecule has 0 bridgehead atoms. The molecular weight excluding hydrogens is 210 g/mol. The van der Waals surface area contributed by atoms with Crippen molar-refractivity contribution in [1.82, 2.24) is 0 Å². The van der Waals surface area contributed by atoms with Crippen LogP contribution in [0.25, 0.3) is 0 Å². The van der Waals surface area contributed by atoms with E-state index in [4.69, 9.17) is 10.00 Å². The highest BCUT2D eigenvalue weighted by Crippen LogP contribution is 2.24. The van der Waals surface area contributed by atoms with Gasteiger partial charge in [-0.05, 0) is 42.9 Å². The van der Waals surface area contributed by atoms with E-state index in [9.17, 15) is 0 Å². The third-order valence-electron chi connectivity index (χ3n) is 2.82. The first-order chi connectivity index (χ1) is 8.15. The van der Waals surface area contributed by atoms with Crippen LogP contribution in [-0.4, -0.2) is 6.61 Å². The highest BCUT2D eigenvalue weighted by atomic mass is 16.5. The number of rotatable bonds is 6. The van der Waals surface area contributed by atoms with Crippen LogP contribution in [0.1, 0.15) is 50.2 Å². The normalized spacial score (nSPS) is 10.3. The van der Waals surface area contributed by atoms with Gasteiger partial charge in [0, 0.05) is 6.42 Å². The molecule has 0 aliphatic rings. The molecule has 17 heavy (non-hydrogen) atoms. The van der Waals surface area contributed by atoms with E-state index in [1.807, 2.05) is 0 Å².